The summed E-state index contributed by atoms with van der Waals surface area (Å²) in [6.45, 7) is 5.22. The summed E-state index contributed by atoms with van der Waals surface area (Å²) in [4.78, 5) is 23.6. The molecule has 0 unspecified atom stereocenters. The number of carbonyl (C=O) groups is 1. The van der Waals surface area contributed by atoms with Crippen LogP contribution in [0, 0.1) is 17.4 Å². The zero-order valence-corrected chi connectivity index (χ0v) is 13.1. The number of rotatable bonds is 6. The molecule has 1 aliphatic rings. The lowest BCUT2D eigenvalue weighted by Gasteiger charge is -2.16. The first-order valence-corrected chi connectivity index (χ1v) is 7.35. The third-order valence-electron chi connectivity index (χ3n) is 3.62. The molecule has 0 radical (unpaired) electrons. The average molecular weight is 312 g/mol. The summed E-state index contributed by atoms with van der Waals surface area (Å²) in [7, 11) is 1.89. The van der Waals surface area contributed by atoms with Crippen LogP contribution in [0.4, 0.5) is 0 Å². The molecular formula is C16H20N6O. The lowest BCUT2D eigenvalue weighted by molar-refractivity contribution is -0.123. The van der Waals surface area contributed by atoms with Crippen LogP contribution < -0.4 is 5.32 Å². The Balaban J connectivity index is 1.92. The van der Waals surface area contributed by atoms with Crippen LogP contribution in [0.2, 0.25) is 0 Å². The zero-order chi connectivity index (χ0) is 16.7. The molecule has 120 valence electrons. The van der Waals surface area contributed by atoms with Crippen molar-refractivity contribution < 1.29 is 4.79 Å². The van der Waals surface area contributed by atoms with Gasteiger partial charge in [0.2, 0.25) is 5.91 Å². The van der Waals surface area contributed by atoms with Gasteiger partial charge in [-0.15, -0.1) is 0 Å². The van der Waals surface area contributed by atoms with Gasteiger partial charge in [-0.2, -0.15) is 5.26 Å². The molecule has 1 fully saturated rings. The molecule has 1 aliphatic heterocycles. The monoisotopic (exact) mass is 312 g/mol. The normalized spacial score (nSPS) is 17.5. The first-order chi connectivity index (χ1) is 11.1. The lowest BCUT2D eigenvalue weighted by Crippen LogP contribution is -2.32. The van der Waals surface area contributed by atoms with Crippen molar-refractivity contribution in [3.63, 3.8) is 0 Å². The van der Waals surface area contributed by atoms with E-state index in [4.69, 9.17) is 5.26 Å². The van der Waals surface area contributed by atoms with Crippen molar-refractivity contribution in [1.82, 2.24) is 20.1 Å². The predicted molar refractivity (Wildman–Crippen MR) is 86.8 cm³/mol. The second-order valence-corrected chi connectivity index (χ2v) is 5.47. The molecule has 1 atom stereocenters. The number of carbonyl (C=O) groups excluding carboxylic acids is 1. The van der Waals surface area contributed by atoms with Crippen LogP contribution in [0.25, 0.3) is 0 Å². The molecule has 7 nitrogen and oxygen atoms in total. The van der Waals surface area contributed by atoms with Crippen molar-refractivity contribution in [3.05, 3.63) is 42.1 Å². The quantitative estimate of drug-likeness (QED) is 0.624. The number of amides is 1. The smallest absolute Gasteiger partial charge is 0.230 e. The van der Waals surface area contributed by atoms with Gasteiger partial charge in [-0.3, -0.25) is 9.78 Å². The Morgan fingerprint density at radius 3 is 3.17 bits per heavy atom. The van der Waals surface area contributed by atoms with Gasteiger partial charge < -0.3 is 15.1 Å². The van der Waals surface area contributed by atoms with Crippen molar-refractivity contribution in [2.75, 3.05) is 20.1 Å². The van der Waals surface area contributed by atoms with E-state index in [9.17, 15) is 4.79 Å². The molecule has 0 bridgehead atoms. The van der Waals surface area contributed by atoms with Crippen molar-refractivity contribution in [1.29, 1.82) is 5.26 Å². The maximum Gasteiger partial charge on any atom is 0.230 e. The summed E-state index contributed by atoms with van der Waals surface area (Å²) >= 11 is 0. The van der Waals surface area contributed by atoms with Crippen molar-refractivity contribution >= 4 is 12.6 Å². The number of hydrogen-bond donors (Lipinski definition) is 1. The molecule has 2 heterocycles. The van der Waals surface area contributed by atoms with E-state index in [0.29, 0.717) is 31.9 Å². The summed E-state index contributed by atoms with van der Waals surface area (Å²) in [5.41, 5.74) is 1.06. The van der Waals surface area contributed by atoms with Gasteiger partial charge in [-0.25, -0.2) is 4.99 Å². The van der Waals surface area contributed by atoms with Gasteiger partial charge in [0.05, 0.1) is 5.92 Å². The highest BCUT2D eigenvalue weighted by Crippen LogP contribution is 2.15. The number of hydrogen-bond acceptors (Lipinski definition) is 6. The average Bonchev–Trinajstić information content (AvgIpc) is 3.04. The van der Waals surface area contributed by atoms with E-state index in [1.54, 1.807) is 23.5 Å². The summed E-state index contributed by atoms with van der Waals surface area (Å²) in [6.07, 6.45) is 7.99. The summed E-state index contributed by atoms with van der Waals surface area (Å²) in [5, 5.41) is 11.6. The minimum absolute atomic E-state index is 0.129. The molecule has 0 spiro atoms. The van der Waals surface area contributed by atoms with Crippen LogP contribution in [0.15, 0.2) is 41.5 Å². The number of aliphatic imine (C=N–C) groups is 1. The largest absolute Gasteiger partial charge is 0.373 e. The fourth-order valence-corrected chi connectivity index (χ4v) is 2.44. The first kappa shape index (κ1) is 16.5. The number of likely N-dealkylation sites (tertiary alicyclic amines) is 1. The molecule has 23 heavy (non-hydrogen) atoms. The molecule has 2 rings (SSSR count). The van der Waals surface area contributed by atoms with Gasteiger partial charge in [0, 0.05) is 45.3 Å². The molecule has 1 aromatic rings. The zero-order valence-electron chi connectivity index (χ0n) is 13.1. The Bertz CT molecular complexity index is 621. The van der Waals surface area contributed by atoms with Gasteiger partial charge >= 0.3 is 0 Å². The van der Waals surface area contributed by atoms with Gasteiger partial charge in [-0.1, -0.05) is 6.07 Å². The summed E-state index contributed by atoms with van der Waals surface area (Å²) in [5.74, 6) is 0.0800. The van der Waals surface area contributed by atoms with E-state index < -0.39 is 0 Å². The van der Waals surface area contributed by atoms with Gasteiger partial charge in [0.25, 0.3) is 0 Å². The molecular weight excluding hydrogens is 292 g/mol. The Kier molecular flexibility index (Phi) is 5.69. The maximum absolute atomic E-state index is 12.2. The number of nitriles is 1. The van der Waals surface area contributed by atoms with Crippen LogP contribution in [0.3, 0.4) is 0 Å². The van der Waals surface area contributed by atoms with Crippen LogP contribution in [0.5, 0.6) is 0 Å². The fourth-order valence-electron chi connectivity index (χ4n) is 2.44. The van der Waals surface area contributed by atoms with Crippen LogP contribution in [-0.4, -0.2) is 47.5 Å². The number of nitrogens with one attached hydrogen (secondary N) is 1. The Labute approximate surface area is 135 Å². The number of nitrogens with zero attached hydrogens (tertiary/aromatic N) is 5. The predicted octanol–water partition coefficient (Wildman–Crippen LogP) is 0.932. The van der Waals surface area contributed by atoms with E-state index in [2.05, 4.69) is 28.2 Å². The van der Waals surface area contributed by atoms with E-state index >= 15 is 0 Å². The Morgan fingerprint density at radius 1 is 1.74 bits per heavy atom. The highest BCUT2D eigenvalue weighted by molar-refractivity contribution is 5.81. The van der Waals surface area contributed by atoms with E-state index in [1.165, 1.54) is 0 Å². The third kappa shape index (κ3) is 4.81. The Hall–Kier alpha value is -2.88. The van der Waals surface area contributed by atoms with E-state index in [1.807, 2.05) is 24.1 Å². The number of pyridine rings is 1. The molecule has 1 N–H and O–H groups in total. The van der Waals surface area contributed by atoms with Crippen LogP contribution >= 0.6 is 0 Å². The maximum atomic E-state index is 12.2. The molecule has 1 amide bonds. The molecule has 0 aromatic carbocycles. The topological polar surface area (TPSA) is 84.6 Å². The van der Waals surface area contributed by atoms with Crippen LogP contribution in [-0.2, 0) is 11.3 Å². The standard InChI is InChI=1S/C16H20N6O/c1-18-15(11-21(2)9-13-4-3-6-19-8-13)20-16(23)14-5-7-22(10-14)12-17/h3-4,6,8,11,14H,1,5,7,9-10H2,2H3,(H,20,23)/b15-11+/t14-/m0/s1. The van der Waals surface area contributed by atoms with Gasteiger partial charge in [-0.05, 0) is 24.8 Å². The Morgan fingerprint density at radius 2 is 2.57 bits per heavy atom. The molecule has 0 saturated carbocycles. The van der Waals surface area contributed by atoms with Crippen molar-refractivity contribution in [3.8, 4) is 6.19 Å². The van der Waals surface area contributed by atoms with E-state index in [-0.39, 0.29) is 11.8 Å². The van der Waals surface area contributed by atoms with Crippen molar-refractivity contribution in [2.24, 2.45) is 10.9 Å². The lowest BCUT2D eigenvalue weighted by atomic mass is 10.1. The first-order valence-electron chi connectivity index (χ1n) is 7.35. The van der Waals surface area contributed by atoms with E-state index in [0.717, 1.165) is 5.56 Å². The minimum Gasteiger partial charge on any atom is -0.373 e. The highest BCUT2D eigenvalue weighted by atomic mass is 16.2. The molecule has 0 aliphatic carbocycles. The molecule has 7 heteroatoms. The minimum atomic E-state index is -0.191. The van der Waals surface area contributed by atoms with Crippen LogP contribution in [0.1, 0.15) is 12.0 Å². The van der Waals surface area contributed by atoms with Gasteiger partial charge in [0.15, 0.2) is 6.19 Å². The van der Waals surface area contributed by atoms with Crippen molar-refractivity contribution in [2.45, 2.75) is 13.0 Å². The molecule has 1 saturated heterocycles. The SMILES string of the molecule is C=N/C(=C\N(C)Cc1cccnc1)NC(=O)[C@H]1CCN(C#N)C1. The van der Waals surface area contributed by atoms with Gasteiger partial charge in [0.1, 0.15) is 5.82 Å². The highest BCUT2D eigenvalue weighted by Gasteiger charge is 2.28. The summed E-state index contributed by atoms with van der Waals surface area (Å²) < 4.78 is 0. The molecule has 1 aromatic heterocycles. The number of aromatic nitrogens is 1. The summed E-state index contributed by atoms with van der Waals surface area (Å²) in [6, 6.07) is 3.86. The fraction of sp³-hybridized carbons (Fsp3) is 0.375. The second-order valence-electron chi connectivity index (χ2n) is 5.47. The third-order valence-corrected chi connectivity index (χ3v) is 3.62. The second kappa shape index (κ2) is 7.94.